The SMILES string of the molecule is CSc1ccc(-c2ccccc2-c2ccc(C=O)o2)cc1. The van der Waals surface area contributed by atoms with E-state index in [-0.39, 0.29) is 0 Å². The molecule has 0 aliphatic carbocycles. The summed E-state index contributed by atoms with van der Waals surface area (Å²) < 4.78 is 5.55. The molecule has 3 heteroatoms. The van der Waals surface area contributed by atoms with Gasteiger partial charge in [-0.05, 0) is 41.6 Å². The van der Waals surface area contributed by atoms with Gasteiger partial charge in [-0.2, -0.15) is 0 Å². The highest BCUT2D eigenvalue weighted by atomic mass is 32.2. The highest BCUT2D eigenvalue weighted by Crippen LogP contribution is 2.33. The fourth-order valence-electron chi connectivity index (χ4n) is 2.28. The third-order valence-electron chi connectivity index (χ3n) is 3.34. The van der Waals surface area contributed by atoms with E-state index < -0.39 is 0 Å². The molecule has 21 heavy (non-hydrogen) atoms. The van der Waals surface area contributed by atoms with Crippen molar-refractivity contribution in [2.45, 2.75) is 4.90 Å². The molecular formula is C18H14O2S. The summed E-state index contributed by atoms with van der Waals surface area (Å²) in [6.07, 6.45) is 2.78. The van der Waals surface area contributed by atoms with Crippen LogP contribution in [0.4, 0.5) is 0 Å². The van der Waals surface area contributed by atoms with Crippen LogP contribution in [0, 0.1) is 0 Å². The largest absolute Gasteiger partial charge is 0.453 e. The first-order valence-corrected chi connectivity index (χ1v) is 7.83. The van der Waals surface area contributed by atoms with E-state index in [0.29, 0.717) is 11.5 Å². The van der Waals surface area contributed by atoms with E-state index in [9.17, 15) is 4.79 Å². The van der Waals surface area contributed by atoms with Crippen molar-refractivity contribution < 1.29 is 9.21 Å². The van der Waals surface area contributed by atoms with Crippen LogP contribution in [0.5, 0.6) is 0 Å². The summed E-state index contributed by atoms with van der Waals surface area (Å²) in [4.78, 5) is 12.0. The van der Waals surface area contributed by atoms with E-state index in [1.165, 1.54) is 4.90 Å². The van der Waals surface area contributed by atoms with Crippen molar-refractivity contribution in [3.63, 3.8) is 0 Å². The third kappa shape index (κ3) is 2.78. The number of carbonyl (C=O) groups excluding carboxylic acids is 1. The number of hydrogen-bond donors (Lipinski definition) is 0. The smallest absolute Gasteiger partial charge is 0.185 e. The zero-order chi connectivity index (χ0) is 14.7. The minimum Gasteiger partial charge on any atom is -0.453 e. The molecule has 3 rings (SSSR count). The van der Waals surface area contributed by atoms with E-state index in [2.05, 4.69) is 36.6 Å². The highest BCUT2D eigenvalue weighted by molar-refractivity contribution is 7.98. The molecule has 104 valence electrons. The van der Waals surface area contributed by atoms with Crippen LogP contribution in [0.3, 0.4) is 0 Å². The van der Waals surface area contributed by atoms with E-state index in [0.717, 1.165) is 23.0 Å². The first kappa shape index (κ1) is 13.7. The fraction of sp³-hybridized carbons (Fsp3) is 0.0556. The lowest BCUT2D eigenvalue weighted by molar-refractivity contribution is 0.110. The van der Waals surface area contributed by atoms with Gasteiger partial charge in [-0.15, -0.1) is 11.8 Å². The van der Waals surface area contributed by atoms with E-state index in [1.807, 2.05) is 24.3 Å². The number of rotatable bonds is 4. The summed E-state index contributed by atoms with van der Waals surface area (Å²) in [5.74, 6) is 1.05. The fourth-order valence-corrected chi connectivity index (χ4v) is 2.69. The van der Waals surface area contributed by atoms with Crippen molar-refractivity contribution in [3.8, 4) is 22.5 Å². The lowest BCUT2D eigenvalue weighted by atomic mass is 9.98. The molecule has 0 saturated carbocycles. The Kier molecular flexibility index (Phi) is 3.93. The summed E-state index contributed by atoms with van der Waals surface area (Å²) in [6, 6.07) is 20.0. The summed E-state index contributed by atoms with van der Waals surface area (Å²) in [5, 5.41) is 0. The van der Waals surface area contributed by atoms with Crippen LogP contribution in [-0.4, -0.2) is 12.5 Å². The Morgan fingerprint density at radius 3 is 2.24 bits per heavy atom. The highest BCUT2D eigenvalue weighted by Gasteiger charge is 2.10. The lowest BCUT2D eigenvalue weighted by Gasteiger charge is -2.08. The van der Waals surface area contributed by atoms with Gasteiger partial charge in [0.05, 0.1) is 0 Å². The van der Waals surface area contributed by atoms with Gasteiger partial charge in [0.15, 0.2) is 12.0 Å². The second-order valence-electron chi connectivity index (χ2n) is 4.59. The van der Waals surface area contributed by atoms with Crippen molar-refractivity contribution in [2.75, 3.05) is 6.26 Å². The molecule has 0 bridgehead atoms. The average Bonchev–Trinajstić information content (AvgIpc) is 3.04. The molecule has 0 aliphatic heterocycles. The van der Waals surface area contributed by atoms with Crippen molar-refractivity contribution >= 4 is 18.0 Å². The molecule has 1 aromatic heterocycles. The number of furan rings is 1. The second kappa shape index (κ2) is 6.02. The predicted octanol–water partition coefficient (Wildman–Crippen LogP) is 5.15. The van der Waals surface area contributed by atoms with Crippen LogP contribution in [0.15, 0.2) is 70.0 Å². The maximum Gasteiger partial charge on any atom is 0.185 e. The van der Waals surface area contributed by atoms with Gasteiger partial charge in [-0.3, -0.25) is 4.79 Å². The summed E-state index contributed by atoms with van der Waals surface area (Å²) in [7, 11) is 0. The van der Waals surface area contributed by atoms with Crippen molar-refractivity contribution in [2.24, 2.45) is 0 Å². The number of benzene rings is 2. The first-order valence-electron chi connectivity index (χ1n) is 6.60. The van der Waals surface area contributed by atoms with Crippen LogP contribution in [-0.2, 0) is 0 Å². The molecule has 0 amide bonds. The maximum atomic E-state index is 10.8. The summed E-state index contributed by atoms with van der Waals surface area (Å²) in [5.41, 5.74) is 3.21. The number of carbonyl (C=O) groups is 1. The van der Waals surface area contributed by atoms with E-state index >= 15 is 0 Å². The Morgan fingerprint density at radius 1 is 0.905 bits per heavy atom. The normalized spacial score (nSPS) is 10.5. The second-order valence-corrected chi connectivity index (χ2v) is 5.47. The van der Waals surface area contributed by atoms with Gasteiger partial charge in [0.1, 0.15) is 5.76 Å². The topological polar surface area (TPSA) is 30.2 Å². The Labute approximate surface area is 127 Å². The standard InChI is InChI=1S/C18H14O2S/c1-21-15-9-6-13(7-10-15)16-4-2-3-5-17(16)18-11-8-14(12-19)20-18/h2-12H,1H3. The zero-order valence-electron chi connectivity index (χ0n) is 11.6. The van der Waals surface area contributed by atoms with Gasteiger partial charge in [0.2, 0.25) is 0 Å². The molecule has 0 fully saturated rings. The van der Waals surface area contributed by atoms with Gasteiger partial charge in [0.25, 0.3) is 0 Å². The molecule has 0 spiro atoms. The number of hydrogen-bond acceptors (Lipinski definition) is 3. The molecular weight excluding hydrogens is 280 g/mol. The quantitative estimate of drug-likeness (QED) is 0.492. The molecule has 2 nitrogen and oxygen atoms in total. The predicted molar refractivity (Wildman–Crippen MR) is 86.7 cm³/mol. The Morgan fingerprint density at radius 2 is 1.62 bits per heavy atom. The van der Waals surface area contributed by atoms with Gasteiger partial charge < -0.3 is 4.42 Å². The van der Waals surface area contributed by atoms with Crippen molar-refractivity contribution in [1.29, 1.82) is 0 Å². The van der Waals surface area contributed by atoms with Crippen LogP contribution >= 0.6 is 11.8 Å². The number of thioether (sulfide) groups is 1. The maximum absolute atomic E-state index is 10.8. The van der Waals surface area contributed by atoms with Gasteiger partial charge >= 0.3 is 0 Å². The minimum absolute atomic E-state index is 0.345. The minimum atomic E-state index is 0.345. The van der Waals surface area contributed by atoms with E-state index in [1.54, 1.807) is 17.8 Å². The molecule has 2 aromatic carbocycles. The molecule has 0 radical (unpaired) electrons. The molecule has 1 heterocycles. The van der Waals surface area contributed by atoms with Crippen LogP contribution < -0.4 is 0 Å². The van der Waals surface area contributed by atoms with Gasteiger partial charge in [-0.1, -0.05) is 36.4 Å². The monoisotopic (exact) mass is 294 g/mol. The molecule has 0 saturated heterocycles. The van der Waals surface area contributed by atoms with Crippen molar-refractivity contribution in [3.05, 3.63) is 66.4 Å². The summed E-state index contributed by atoms with van der Waals surface area (Å²) in [6.45, 7) is 0. The first-order chi connectivity index (χ1) is 10.3. The Balaban J connectivity index is 2.08. The molecule has 3 aromatic rings. The molecule has 0 unspecified atom stereocenters. The average molecular weight is 294 g/mol. The van der Waals surface area contributed by atoms with Crippen LogP contribution in [0.2, 0.25) is 0 Å². The lowest BCUT2D eigenvalue weighted by Crippen LogP contribution is -1.83. The molecule has 0 aliphatic rings. The molecule has 0 N–H and O–H groups in total. The van der Waals surface area contributed by atoms with E-state index in [4.69, 9.17) is 4.42 Å². The van der Waals surface area contributed by atoms with Crippen LogP contribution in [0.1, 0.15) is 10.6 Å². The summed E-state index contributed by atoms with van der Waals surface area (Å²) >= 11 is 1.72. The third-order valence-corrected chi connectivity index (χ3v) is 4.08. The Hall–Kier alpha value is -2.26. The van der Waals surface area contributed by atoms with Crippen LogP contribution in [0.25, 0.3) is 22.5 Å². The van der Waals surface area contributed by atoms with Gasteiger partial charge in [0, 0.05) is 10.5 Å². The molecule has 0 atom stereocenters. The zero-order valence-corrected chi connectivity index (χ0v) is 12.4. The van der Waals surface area contributed by atoms with Crippen molar-refractivity contribution in [1.82, 2.24) is 0 Å². The Bertz CT molecular complexity index is 757. The number of aldehydes is 1. The van der Waals surface area contributed by atoms with Gasteiger partial charge in [-0.25, -0.2) is 0 Å².